The molecule has 1 aromatic rings. The maximum absolute atomic E-state index is 11.9. The molecule has 0 radical (unpaired) electrons. The van der Waals surface area contributed by atoms with Gasteiger partial charge in [0.2, 0.25) is 0 Å². The lowest BCUT2D eigenvalue weighted by Gasteiger charge is -2.24. The minimum Gasteiger partial charge on any atom is -0.356 e. The highest BCUT2D eigenvalue weighted by molar-refractivity contribution is 9.10. The summed E-state index contributed by atoms with van der Waals surface area (Å²) in [6.07, 6.45) is 6.64. The molecule has 0 unspecified atom stereocenters. The Hall–Kier alpha value is -0.770. The normalized spacial score (nSPS) is 11.6. The first kappa shape index (κ1) is 15.3. The van der Waals surface area contributed by atoms with Crippen LogP contribution in [-0.2, 0) is 0 Å². The van der Waals surface area contributed by atoms with Gasteiger partial charge in [-0.05, 0) is 33.8 Å². The van der Waals surface area contributed by atoms with Crippen LogP contribution in [0.1, 0.15) is 56.9 Å². The maximum atomic E-state index is 11.9. The van der Waals surface area contributed by atoms with E-state index >= 15 is 0 Å². The summed E-state index contributed by atoms with van der Waals surface area (Å²) in [5, 5.41) is 2.99. The summed E-state index contributed by atoms with van der Waals surface area (Å²) in [5.41, 5.74) is 0.764. The topological polar surface area (TPSA) is 44.9 Å². The van der Waals surface area contributed by atoms with Gasteiger partial charge >= 0.3 is 0 Å². The first-order valence-electron chi connectivity index (χ1n) is 6.57. The minimum absolute atomic E-state index is 0.0377. The van der Waals surface area contributed by atoms with Crippen molar-refractivity contribution in [2.24, 2.45) is 5.41 Å². The lowest BCUT2D eigenvalue weighted by Crippen LogP contribution is -2.34. The van der Waals surface area contributed by atoms with E-state index in [1.807, 2.05) is 0 Å². The van der Waals surface area contributed by atoms with Crippen LogP contribution in [0.3, 0.4) is 0 Å². The van der Waals surface area contributed by atoms with Gasteiger partial charge in [0.1, 0.15) is 5.69 Å². The molecule has 0 aromatic carbocycles. The monoisotopic (exact) mass is 314 g/mol. The molecule has 18 heavy (non-hydrogen) atoms. The van der Waals surface area contributed by atoms with E-state index in [2.05, 4.69) is 47.0 Å². The largest absolute Gasteiger partial charge is 0.356 e. The fourth-order valence-electron chi connectivity index (χ4n) is 1.86. The van der Waals surface area contributed by atoms with Crippen LogP contribution in [0.25, 0.3) is 0 Å². The van der Waals surface area contributed by atoms with Crippen LogP contribution in [0, 0.1) is 5.41 Å². The number of hydrogen-bond donors (Lipinski definition) is 2. The SMILES string of the molecule is CCCCCC(C)(C)CNC(=O)c1cc(Br)c[nH]1. The van der Waals surface area contributed by atoms with Crippen molar-refractivity contribution in [3.8, 4) is 0 Å². The van der Waals surface area contributed by atoms with Crippen molar-refractivity contribution in [3.63, 3.8) is 0 Å². The second-order valence-electron chi connectivity index (χ2n) is 5.54. The highest BCUT2D eigenvalue weighted by atomic mass is 79.9. The molecule has 0 saturated carbocycles. The Morgan fingerprint density at radius 3 is 2.72 bits per heavy atom. The summed E-state index contributed by atoms with van der Waals surface area (Å²) in [5.74, 6) is -0.0377. The number of aromatic amines is 1. The molecule has 3 nitrogen and oxygen atoms in total. The van der Waals surface area contributed by atoms with Crippen LogP contribution < -0.4 is 5.32 Å². The van der Waals surface area contributed by atoms with E-state index in [0.717, 1.165) is 10.9 Å². The van der Waals surface area contributed by atoms with Gasteiger partial charge in [0, 0.05) is 17.2 Å². The summed E-state index contributed by atoms with van der Waals surface area (Å²) in [4.78, 5) is 14.8. The summed E-state index contributed by atoms with van der Waals surface area (Å²) >= 11 is 3.32. The quantitative estimate of drug-likeness (QED) is 0.731. The van der Waals surface area contributed by atoms with Gasteiger partial charge in [-0.15, -0.1) is 0 Å². The van der Waals surface area contributed by atoms with Crippen molar-refractivity contribution in [1.29, 1.82) is 0 Å². The Bertz CT molecular complexity index is 385. The van der Waals surface area contributed by atoms with E-state index < -0.39 is 0 Å². The molecule has 1 amide bonds. The molecule has 1 rings (SSSR count). The molecule has 0 spiro atoms. The summed E-state index contributed by atoms with van der Waals surface area (Å²) in [6, 6.07) is 1.79. The standard InChI is InChI=1S/C14H23BrN2O/c1-4-5-6-7-14(2,3)10-17-13(18)12-8-11(15)9-16-12/h8-9,16H,4-7,10H2,1-3H3,(H,17,18). The molecule has 1 aromatic heterocycles. The predicted octanol–water partition coefficient (Wildman–Crippen LogP) is 4.11. The zero-order valence-electron chi connectivity index (χ0n) is 11.5. The number of amides is 1. The molecule has 0 aliphatic carbocycles. The van der Waals surface area contributed by atoms with Gasteiger partial charge in [0.25, 0.3) is 5.91 Å². The first-order chi connectivity index (χ1) is 8.44. The lowest BCUT2D eigenvalue weighted by molar-refractivity contribution is 0.0929. The lowest BCUT2D eigenvalue weighted by atomic mass is 9.87. The van der Waals surface area contributed by atoms with E-state index in [9.17, 15) is 4.79 Å². The molecule has 4 heteroatoms. The highest BCUT2D eigenvalue weighted by Crippen LogP contribution is 2.22. The molecule has 0 atom stereocenters. The van der Waals surface area contributed by atoms with Crippen molar-refractivity contribution >= 4 is 21.8 Å². The van der Waals surface area contributed by atoms with Crippen molar-refractivity contribution in [2.75, 3.05) is 6.54 Å². The molecule has 0 bridgehead atoms. The molecular formula is C14H23BrN2O. The van der Waals surface area contributed by atoms with Gasteiger partial charge in [-0.3, -0.25) is 4.79 Å². The van der Waals surface area contributed by atoms with Crippen molar-refractivity contribution < 1.29 is 4.79 Å². The van der Waals surface area contributed by atoms with Gasteiger partial charge < -0.3 is 10.3 Å². The molecule has 1 heterocycles. The zero-order chi connectivity index (χ0) is 13.6. The van der Waals surface area contributed by atoms with Crippen LogP contribution in [0.2, 0.25) is 0 Å². The average molecular weight is 315 g/mol. The van der Waals surface area contributed by atoms with E-state index in [-0.39, 0.29) is 11.3 Å². The predicted molar refractivity (Wildman–Crippen MR) is 78.7 cm³/mol. The van der Waals surface area contributed by atoms with Crippen LogP contribution in [-0.4, -0.2) is 17.4 Å². The number of carbonyl (C=O) groups is 1. The molecule has 0 fully saturated rings. The second-order valence-corrected chi connectivity index (χ2v) is 6.45. The van der Waals surface area contributed by atoms with Gasteiger partial charge in [0.15, 0.2) is 0 Å². The van der Waals surface area contributed by atoms with Crippen molar-refractivity contribution in [1.82, 2.24) is 10.3 Å². The van der Waals surface area contributed by atoms with Crippen LogP contribution in [0.15, 0.2) is 16.7 Å². The first-order valence-corrected chi connectivity index (χ1v) is 7.36. The third-order valence-electron chi connectivity index (χ3n) is 3.08. The van der Waals surface area contributed by atoms with Crippen LogP contribution in [0.4, 0.5) is 0 Å². The fourth-order valence-corrected chi connectivity index (χ4v) is 2.20. The molecule has 102 valence electrons. The zero-order valence-corrected chi connectivity index (χ0v) is 13.1. The van der Waals surface area contributed by atoms with Gasteiger partial charge in [-0.2, -0.15) is 0 Å². The van der Waals surface area contributed by atoms with E-state index in [4.69, 9.17) is 0 Å². The number of hydrogen-bond acceptors (Lipinski definition) is 1. The Morgan fingerprint density at radius 1 is 1.44 bits per heavy atom. The third-order valence-corrected chi connectivity index (χ3v) is 3.53. The van der Waals surface area contributed by atoms with Crippen LogP contribution in [0.5, 0.6) is 0 Å². The number of unbranched alkanes of at least 4 members (excludes halogenated alkanes) is 2. The Kier molecular flexibility index (Phi) is 5.93. The number of carbonyl (C=O) groups excluding carboxylic acids is 1. The number of aromatic nitrogens is 1. The molecular weight excluding hydrogens is 292 g/mol. The molecule has 2 N–H and O–H groups in total. The summed E-state index contributed by atoms with van der Waals surface area (Å²) in [6.45, 7) is 7.32. The van der Waals surface area contributed by atoms with Gasteiger partial charge in [-0.25, -0.2) is 0 Å². The maximum Gasteiger partial charge on any atom is 0.267 e. The number of rotatable bonds is 7. The summed E-state index contributed by atoms with van der Waals surface area (Å²) < 4.78 is 0.898. The number of halogens is 1. The Labute approximate surface area is 118 Å². The Morgan fingerprint density at radius 2 is 2.17 bits per heavy atom. The van der Waals surface area contributed by atoms with Crippen molar-refractivity contribution in [2.45, 2.75) is 46.5 Å². The van der Waals surface area contributed by atoms with Crippen molar-refractivity contribution in [3.05, 3.63) is 22.4 Å². The van der Waals surface area contributed by atoms with Crippen LogP contribution >= 0.6 is 15.9 Å². The average Bonchev–Trinajstić information content (AvgIpc) is 2.73. The van der Waals surface area contributed by atoms with Gasteiger partial charge in [-0.1, -0.05) is 40.0 Å². The van der Waals surface area contributed by atoms with Gasteiger partial charge in [0.05, 0.1) is 0 Å². The fraction of sp³-hybridized carbons (Fsp3) is 0.643. The molecule has 0 aliphatic rings. The highest BCUT2D eigenvalue weighted by Gasteiger charge is 2.19. The number of H-pyrrole nitrogens is 1. The minimum atomic E-state index is -0.0377. The number of nitrogens with one attached hydrogen (secondary N) is 2. The third kappa shape index (κ3) is 5.25. The summed E-state index contributed by atoms with van der Waals surface area (Å²) in [7, 11) is 0. The smallest absolute Gasteiger partial charge is 0.267 e. The van der Waals surface area contributed by atoms with E-state index in [1.165, 1.54) is 19.3 Å². The Balaban J connectivity index is 2.37. The molecule has 0 saturated heterocycles. The van der Waals surface area contributed by atoms with E-state index in [0.29, 0.717) is 12.2 Å². The second kappa shape index (κ2) is 6.98. The molecule has 0 aliphatic heterocycles. The van der Waals surface area contributed by atoms with E-state index in [1.54, 1.807) is 12.3 Å².